The summed E-state index contributed by atoms with van der Waals surface area (Å²) in [5, 5.41) is 7.04. The van der Waals surface area contributed by atoms with Crippen molar-refractivity contribution in [2.75, 3.05) is 26.2 Å². The summed E-state index contributed by atoms with van der Waals surface area (Å²) in [6.07, 6.45) is 15.4. The van der Waals surface area contributed by atoms with Crippen LogP contribution in [-0.2, 0) is 65.4 Å². The molecule has 0 saturated carbocycles. The molecule has 7 aliphatic rings. The molecule has 0 atom stereocenters. The van der Waals surface area contributed by atoms with Crippen LogP contribution < -0.4 is 0 Å². The first-order valence-electron chi connectivity index (χ1n) is 36.9. The van der Waals surface area contributed by atoms with Crippen molar-refractivity contribution < 1.29 is 0 Å². The SMILES string of the molecule is CC.CC.CC.CC.CC.CC.CC.CC(C)(C)N1CCC1.CC(C)(C)N1CCCC1.CC(C)(C)N1Cc2cccnc2C1.CC(C)(C)N1Cc2ccncc2C1.CC(C)(C)N1Cc2cn[nH]c2C1.CC(C)(C)N1Cc2cncnc2C1.CC(C)(C)N1Cc2ncsc2C1. The summed E-state index contributed by atoms with van der Waals surface area (Å²) in [5.74, 6) is 0. The molecule has 12 rings (SSSR count). The van der Waals surface area contributed by atoms with Crippen molar-refractivity contribution in [2.24, 2.45) is 0 Å². The molecule has 0 bridgehead atoms. The fourth-order valence-electron chi connectivity index (χ4n) is 10.3. The molecule has 15 heteroatoms. The number of nitrogens with zero attached hydrogens (tertiary/aromatic N) is 13. The lowest BCUT2D eigenvalue weighted by Gasteiger charge is -2.42. The Morgan fingerprint density at radius 1 is 0.330 bits per heavy atom. The maximum atomic E-state index is 4.38. The number of aromatic nitrogens is 7. The van der Waals surface area contributed by atoms with Gasteiger partial charge in [0.05, 0.1) is 34.5 Å². The average Bonchev–Trinajstić information content (AvgIpc) is 1.69. The predicted molar refractivity (Wildman–Crippen MR) is 412 cm³/mol. The molecular weight excluding hydrogens is 1180 g/mol. The van der Waals surface area contributed by atoms with E-state index in [9.17, 15) is 0 Å². The second-order valence-electron chi connectivity index (χ2n) is 29.9. The Kier molecular flexibility index (Phi) is 43.8. The molecule has 12 heterocycles. The summed E-state index contributed by atoms with van der Waals surface area (Å²) in [6.45, 7) is 90.9. The standard InChI is InChI=1S/2C11H16N2.C10H15N3.C9H15N3.C9H14N2S.C8H17N.C7H15N.7C2H6/c1-11(2,3)13-7-9-4-5-12-6-10(9)8-13;1-11(2,3)13-7-9-5-4-6-12-10(9)8-13;1-10(2,3)13-5-8-4-11-7-12-9(8)6-13;1-9(2,3)12-5-7-4-10-11-8(7)6-12;1-9(2,3)11-4-7-8(5-11)12-6-10-7;1-8(2,3)9-6-4-5-7-9;1-7(2,3)8-5-4-6-8;7*1-2/h2*4-6H,7-8H2,1-3H3;4,7H,5-6H2,1-3H3;4H,5-6H2,1-3H3,(H,10,11);6H,4-5H2,1-3H3;4-7H2,1-3H3;4-6H2,1-3H3;7*1-2H3. The lowest BCUT2D eigenvalue weighted by Crippen LogP contribution is -2.49. The molecule has 0 radical (unpaired) electrons. The van der Waals surface area contributed by atoms with Gasteiger partial charge in [-0.25, -0.2) is 15.0 Å². The Morgan fingerprint density at radius 3 is 1.12 bits per heavy atom. The van der Waals surface area contributed by atoms with Gasteiger partial charge >= 0.3 is 0 Å². The van der Waals surface area contributed by atoms with Crippen molar-refractivity contribution in [3.05, 3.63) is 116 Å². The highest BCUT2D eigenvalue weighted by Gasteiger charge is 2.33. The van der Waals surface area contributed by atoms with Crippen LogP contribution >= 0.6 is 11.3 Å². The van der Waals surface area contributed by atoms with Crippen molar-refractivity contribution >= 4 is 11.3 Å². The van der Waals surface area contributed by atoms with Gasteiger partial charge in [-0.3, -0.25) is 49.4 Å². The van der Waals surface area contributed by atoms with Crippen LogP contribution in [0, 0.1) is 0 Å². The lowest BCUT2D eigenvalue weighted by atomic mass is 10.0. The minimum atomic E-state index is 0.223. The minimum absolute atomic E-state index is 0.223. The monoisotopic (exact) mass is 1330 g/mol. The quantitative estimate of drug-likeness (QED) is 0.159. The number of thiazole rings is 1. The van der Waals surface area contributed by atoms with Crippen LogP contribution in [0.3, 0.4) is 0 Å². The fourth-order valence-corrected chi connectivity index (χ4v) is 11.1. The van der Waals surface area contributed by atoms with Gasteiger partial charge in [-0.2, -0.15) is 5.10 Å². The summed E-state index contributed by atoms with van der Waals surface area (Å²) >= 11 is 1.78. The summed E-state index contributed by atoms with van der Waals surface area (Å²) < 4.78 is 0. The largest absolute Gasteiger partial charge is 0.298 e. The molecule has 0 amide bonds. The van der Waals surface area contributed by atoms with Crippen LogP contribution in [0.2, 0.25) is 0 Å². The first-order chi connectivity index (χ1) is 44.1. The number of H-pyrrole nitrogens is 1. The van der Waals surface area contributed by atoms with Gasteiger partial charge in [-0.1, -0.05) is 103 Å². The van der Waals surface area contributed by atoms with E-state index in [1.807, 2.05) is 139 Å². The van der Waals surface area contributed by atoms with E-state index in [0.29, 0.717) is 11.1 Å². The number of aromatic amines is 1. The Bertz CT molecular complexity index is 2340. The van der Waals surface area contributed by atoms with Gasteiger partial charge in [0.15, 0.2) is 0 Å². The van der Waals surface area contributed by atoms with Gasteiger partial charge < -0.3 is 0 Å². The van der Waals surface area contributed by atoms with Crippen LogP contribution in [-0.4, -0.2) is 134 Å². The molecule has 2 fully saturated rings. The zero-order valence-corrected chi connectivity index (χ0v) is 68.8. The van der Waals surface area contributed by atoms with Crippen LogP contribution in [0.25, 0.3) is 0 Å². The van der Waals surface area contributed by atoms with Gasteiger partial charge in [-0.05, 0) is 220 Å². The summed E-state index contributed by atoms with van der Waals surface area (Å²) in [4.78, 5) is 39.9. The molecule has 14 nitrogen and oxygen atoms in total. The van der Waals surface area contributed by atoms with Crippen LogP contribution in [0.1, 0.15) is 317 Å². The minimum Gasteiger partial charge on any atom is -0.298 e. The third-order valence-electron chi connectivity index (χ3n) is 16.5. The number of likely N-dealkylation sites (tertiary alicyclic amines) is 2. The molecule has 5 aromatic rings. The van der Waals surface area contributed by atoms with Gasteiger partial charge in [0.1, 0.15) is 6.33 Å². The van der Waals surface area contributed by atoms with Gasteiger partial charge in [-0.15, -0.1) is 11.3 Å². The fraction of sp³-hybridized carbons (Fsp3) is 0.747. The number of pyridine rings is 2. The zero-order chi connectivity index (χ0) is 73.1. The van der Waals surface area contributed by atoms with E-state index in [2.05, 4.69) is 227 Å². The van der Waals surface area contributed by atoms with Crippen molar-refractivity contribution in [2.45, 2.75) is 366 Å². The van der Waals surface area contributed by atoms with Crippen LogP contribution in [0.15, 0.2) is 61.0 Å². The van der Waals surface area contributed by atoms with E-state index >= 15 is 0 Å². The number of hydrogen-bond acceptors (Lipinski definition) is 14. The predicted octanol–water partition coefficient (Wildman–Crippen LogP) is 20.3. The van der Waals surface area contributed by atoms with Crippen LogP contribution in [0.5, 0.6) is 0 Å². The van der Waals surface area contributed by atoms with E-state index in [4.69, 9.17) is 0 Å². The van der Waals surface area contributed by atoms with Gasteiger partial charge in [0.25, 0.3) is 0 Å². The average molecular weight is 1330 g/mol. The molecule has 0 aliphatic carbocycles. The maximum absolute atomic E-state index is 4.38. The van der Waals surface area contributed by atoms with E-state index in [-0.39, 0.29) is 27.7 Å². The molecule has 0 aromatic carbocycles. The lowest BCUT2D eigenvalue weighted by molar-refractivity contribution is 0.0690. The molecular formula is C79H150N14S. The highest BCUT2D eigenvalue weighted by Crippen LogP contribution is 2.33. The Morgan fingerprint density at radius 2 is 0.713 bits per heavy atom. The highest BCUT2D eigenvalue weighted by atomic mass is 32.1. The Hall–Kier alpha value is -4.06. The van der Waals surface area contributed by atoms with Crippen LogP contribution in [0.4, 0.5) is 0 Å². The molecule has 0 spiro atoms. The maximum Gasteiger partial charge on any atom is 0.115 e. The van der Waals surface area contributed by atoms with E-state index in [0.717, 1.165) is 65.4 Å². The molecule has 542 valence electrons. The van der Waals surface area contributed by atoms with Gasteiger partial charge in [0, 0.05) is 145 Å². The molecule has 2 saturated heterocycles. The number of hydrogen-bond donors (Lipinski definition) is 1. The highest BCUT2D eigenvalue weighted by molar-refractivity contribution is 7.09. The first kappa shape index (κ1) is 92.0. The zero-order valence-electron chi connectivity index (χ0n) is 68.0. The Balaban J connectivity index is 0. The summed E-state index contributed by atoms with van der Waals surface area (Å²) in [6, 6.07) is 6.32. The number of nitrogens with one attached hydrogen (secondary N) is 1. The Labute approximate surface area is 586 Å². The van der Waals surface area contributed by atoms with E-state index < -0.39 is 0 Å². The molecule has 5 aromatic heterocycles. The second kappa shape index (κ2) is 44.8. The first-order valence-corrected chi connectivity index (χ1v) is 37.8. The molecule has 0 unspecified atom stereocenters. The number of fused-ring (bicyclic) bond motifs is 5. The summed E-state index contributed by atoms with van der Waals surface area (Å²) in [5.41, 5.74) is 15.9. The van der Waals surface area contributed by atoms with Crippen molar-refractivity contribution in [3.8, 4) is 0 Å². The van der Waals surface area contributed by atoms with Crippen molar-refractivity contribution in [1.82, 2.24) is 69.4 Å². The smallest absolute Gasteiger partial charge is 0.115 e. The number of rotatable bonds is 0. The third kappa shape index (κ3) is 32.1. The third-order valence-corrected chi connectivity index (χ3v) is 17.4. The molecule has 1 N–H and O–H groups in total. The molecule has 7 aliphatic heterocycles. The topological polar surface area (TPSA) is 116 Å². The van der Waals surface area contributed by atoms with Gasteiger partial charge in [0.2, 0.25) is 0 Å². The summed E-state index contributed by atoms with van der Waals surface area (Å²) in [7, 11) is 0. The van der Waals surface area contributed by atoms with E-state index in [1.54, 1.807) is 17.7 Å². The normalized spacial score (nSPS) is 16.5. The molecule has 94 heavy (non-hydrogen) atoms. The second-order valence-corrected chi connectivity index (χ2v) is 30.8. The van der Waals surface area contributed by atoms with Crippen molar-refractivity contribution in [1.29, 1.82) is 0 Å². The van der Waals surface area contributed by atoms with E-state index in [1.165, 1.54) is 101 Å². The van der Waals surface area contributed by atoms with Crippen molar-refractivity contribution in [3.63, 3.8) is 0 Å².